The normalized spacial score (nSPS) is 16.7. The van der Waals surface area contributed by atoms with Gasteiger partial charge in [0.2, 0.25) is 5.91 Å². The summed E-state index contributed by atoms with van der Waals surface area (Å²) in [6.07, 6.45) is 1.27. The number of nitrogens with one attached hydrogen (secondary N) is 2. The number of aromatic nitrogens is 2. The van der Waals surface area contributed by atoms with Gasteiger partial charge in [0, 0.05) is 31.4 Å². The van der Waals surface area contributed by atoms with Gasteiger partial charge in [-0.2, -0.15) is 5.10 Å². The molecule has 6 heteroatoms. The molecule has 1 aliphatic heterocycles. The molecule has 1 saturated heterocycles. The number of benzene rings is 2. The van der Waals surface area contributed by atoms with Crippen LogP contribution in [0, 0.1) is 27.7 Å². The first-order chi connectivity index (χ1) is 15.9. The van der Waals surface area contributed by atoms with Gasteiger partial charge in [-0.3, -0.25) is 9.69 Å². The standard InChI is InChI=1S/C27H35N5O/c1-19-12-20(2)26(21(3)13-19)16-25-17-28-10-11-31(25)18-29-27(33)15-23-14-22(4)32(30-23)24-8-6-5-7-9-24/h5-9,12-14,25,28H,10-11,15-18H2,1-4H3,(H,29,33). The first kappa shape index (κ1) is 23.2. The van der Waals surface area contributed by atoms with Gasteiger partial charge >= 0.3 is 0 Å². The molecule has 33 heavy (non-hydrogen) atoms. The van der Waals surface area contributed by atoms with E-state index in [9.17, 15) is 4.79 Å². The first-order valence-electron chi connectivity index (χ1n) is 11.8. The lowest BCUT2D eigenvalue weighted by Gasteiger charge is -2.36. The average Bonchev–Trinajstić information content (AvgIpc) is 3.15. The van der Waals surface area contributed by atoms with Crippen LogP contribution in [0.25, 0.3) is 5.69 Å². The van der Waals surface area contributed by atoms with Crippen LogP contribution in [0.4, 0.5) is 0 Å². The number of nitrogens with zero attached hydrogens (tertiary/aromatic N) is 3. The Morgan fingerprint density at radius 1 is 1.09 bits per heavy atom. The number of hydrogen-bond acceptors (Lipinski definition) is 4. The molecule has 0 aliphatic carbocycles. The van der Waals surface area contributed by atoms with E-state index in [2.05, 4.69) is 53.5 Å². The van der Waals surface area contributed by atoms with E-state index in [1.807, 2.05) is 48.0 Å². The fourth-order valence-corrected chi connectivity index (χ4v) is 4.85. The maximum atomic E-state index is 12.7. The maximum absolute atomic E-state index is 12.7. The number of aryl methyl sites for hydroxylation is 4. The van der Waals surface area contributed by atoms with Gasteiger partial charge < -0.3 is 10.6 Å². The molecule has 2 aromatic carbocycles. The number of para-hydroxylation sites is 1. The lowest BCUT2D eigenvalue weighted by Crippen LogP contribution is -2.55. The van der Waals surface area contributed by atoms with Crippen LogP contribution in [0.3, 0.4) is 0 Å². The highest BCUT2D eigenvalue weighted by molar-refractivity contribution is 5.78. The Kier molecular flexibility index (Phi) is 7.26. The molecule has 0 radical (unpaired) electrons. The lowest BCUT2D eigenvalue weighted by molar-refractivity contribution is -0.121. The molecule has 174 valence electrons. The van der Waals surface area contributed by atoms with Crippen molar-refractivity contribution in [1.29, 1.82) is 0 Å². The zero-order valence-corrected chi connectivity index (χ0v) is 20.2. The van der Waals surface area contributed by atoms with Crippen molar-refractivity contribution in [1.82, 2.24) is 25.3 Å². The van der Waals surface area contributed by atoms with Gasteiger partial charge in [0.15, 0.2) is 0 Å². The van der Waals surface area contributed by atoms with Gasteiger partial charge in [-0.05, 0) is 69.0 Å². The van der Waals surface area contributed by atoms with Gasteiger partial charge in [-0.1, -0.05) is 35.9 Å². The average molecular weight is 446 g/mol. The molecule has 1 fully saturated rings. The predicted molar refractivity (Wildman–Crippen MR) is 133 cm³/mol. The lowest BCUT2D eigenvalue weighted by atomic mass is 9.93. The molecule has 1 aliphatic rings. The minimum Gasteiger partial charge on any atom is -0.343 e. The molecule has 0 bridgehead atoms. The summed E-state index contributed by atoms with van der Waals surface area (Å²) < 4.78 is 1.89. The molecule has 2 N–H and O–H groups in total. The van der Waals surface area contributed by atoms with E-state index in [1.165, 1.54) is 22.3 Å². The van der Waals surface area contributed by atoms with Crippen molar-refractivity contribution in [3.63, 3.8) is 0 Å². The SMILES string of the molecule is Cc1cc(C)c(CC2CNCCN2CNC(=O)Cc2cc(C)n(-c3ccccc3)n2)c(C)c1. The number of carbonyl (C=O) groups excluding carboxylic acids is 1. The highest BCUT2D eigenvalue weighted by Crippen LogP contribution is 2.20. The Morgan fingerprint density at radius 2 is 1.82 bits per heavy atom. The zero-order chi connectivity index (χ0) is 23.4. The van der Waals surface area contributed by atoms with Gasteiger partial charge in [-0.25, -0.2) is 4.68 Å². The molecule has 3 aromatic rings. The third-order valence-electron chi connectivity index (χ3n) is 6.51. The number of hydrogen-bond donors (Lipinski definition) is 2. The van der Waals surface area contributed by atoms with Crippen LogP contribution in [0.1, 0.15) is 33.6 Å². The minimum absolute atomic E-state index is 0.00712. The Bertz CT molecular complexity index is 1080. The fourth-order valence-electron chi connectivity index (χ4n) is 4.85. The van der Waals surface area contributed by atoms with E-state index in [-0.39, 0.29) is 12.3 Å². The molecule has 4 rings (SSSR count). The van der Waals surface area contributed by atoms with Gasteiger partial charge in [0.25, 0.3) is 0 Å². The van der Waals surface area contributed by atoms with Crippen LogP contribution in [0.2, 0.25) is 0 Å². The molecule has 0 spiro atoms. The van der Waals surface area contributed by atoms with Gasteiger partial charge in [0.05, 0.1) is 24.5 Å². The van der Waals surface area contributed by atoms with Crippen LogP contribution < -0.4 is 10.6 Å². The molecule has 1 atom stereocenters. The van der Waals surface area contributed by atoms with Crippen molar-refractivity contribution in [2.75, 3.05) is 26.3 Å². The Labute approximate surface area is 197 Å². The van der Waals surface area contributed by atoms with Gasteiger partial charge in [0.1, 0.15) is 0 Å². The molecule has 2 heterocycles. The largest absolute Gasteiger partial charge is 0.343 e. The number of piperazine rings is 1. The number of amides is 1. The molecule has 0 saturated carbocycles. The second-order valence-electron chi connectivity index (χ2n) is 9.21. The van der Waals surface area contributed by atoms with Crippen molar-refractivity contribution in [2.24, 2.45) is 0 Å². The Morgan fingerprint density at radius 3 is 2.55 bits per heavy atom. The van der Waals surface area contributed by atoms with Crippen molar-refractivity contribution in [3.05, 3.63) is 82.2 Å². The first-order valence-corrected chi connectivity index (χ1v) is 11.8. The summed E-state index contributed by atoms with van der Waals surface area (Å²) in [5.41, 5.74) is 8.26. The summed E-state index contributed by atoms with van der Waals surface area (Å²) in [6.45, 7) is 11.9. The fraction of sp³-hybridized carbons (Fsp3) is 0.407. The Balaban J connectivity index is 1.36. The molecule has 1 unspecified atom stereocenters. The van der Waals surface area contributed by atoms with E-state index in [1.54, 1.807) is 0 Å². The van der Waals surface area contributed by atoms with Crippen molar-refractivity contribution in [2.45, 2.75) is 46.6 Å². The Hall–Kier alpha value is -2.96. The van der Waals surface area contributed by atoms with Crippen molar-refractivity contribution < 1.29 is 4.79 Å². The van der Waals surface area contributed by atoms with E-state index in [4.69, 9.17) is 0 Å². The van der Waals surface area contributed by atoms with E-state index in [0.29, 0.717) is 12.7 Å². The number of rotatable bonds is 7. The topological polar surface area (TPSA) is 62.2 Å². The van der Waals surface area contributed by atoms with Crippen LogP contribution in [-0.2, 0) is 17.6 Å². The summed E-state index contributed by atoms with van der Waals surface area (Å²) in [7, 11) is 0. The predicted octanol–water partition coefficient (Wildman–Crippen LogP) is 3.24. The van der Waals surface area contributed by atoms with Crippen LogP contribution in [0.15, 0.2) is 48.5 Å². The van der Waals surface area contributed by atoms with E-state index in [0.717, 1.165) is 43.1 Å². The van der Waals surface area contributed by atoms with E-state index >= 15 is 0 Å². The smallest absolute Gasteiger partial charge is 0.227 e. The van der Waals surface area contributed by atoms with Crippen molar-refractivity contribution in [3.8, 4) is 5.69 Å². The summed E-state index contributed by atoms with van der Waals surface area (Å²) in [6, 6.07) is 16.9. The molecule has 1 aromatic heterocycles. The summed E-state index contributed by atoms with van der Waals surface area (Å²) in [4.78, 5) is 15.1. The minimum atomic E-state index is 0.00712. The molecular weight excluding hydrogens is 410 g/mol. The second kappa shape index (κ2) is 10.3. The van der Waals surface area contributed by atoms with Crippen molar-refractivity contribution >= 4 is 5.91 Å². The van der Waals surface area contributed by atoms with Crippen LogP contribution >= 0.6 is 0 Å². The summed E-state index contributed by atoms with van der Waals surface area (Å²) >= 11 is 0. The van der Waals surface area contributed by atoms with Gasteiger partial charge in [-0.15, -0.1) is 0 Å². The van der Waals surface area contributed by atoms with E-state index < -0.39 is 0 Å². The third-order valence-corrected chi connectivity index (χ3v) is 6.51. The maximum Gasteiger partial charge on any atom is 0.227 e. The monoisotopic (exact) mass is 445 g/mol. The summed E-state index contributed by atoms with van der Waals surface area (Å²) in [5.74, 6) is 0.00712. The van der Waals surface area contributed by atoms with Crippen LogP contribution in [-0.4, -0.2) is 52.9 Å². The second-order valence-corrected chi connectivity index (χ2v) is 9.21. The quantitative estimate of drug-likeness (QED) is 0.586. The highest BCUT2D eigenvalue weighted by Gasteiger charge is 2.24. The van der Waals surface area contributed by atoms with Crippen LogP contribution in [0.5, 0.6) is 0 Å². The molecular formula is C27H35N5O. The molecule has 1 amide bonds. The number of carbonyl (C=O) groups is 1. The third kappa shape index (κ3) is 5.70. The zero-order valence-electron chi connectivity index (χ0n) is 20.2. The molecule has 6 nitrogen and oxygen atoms in total. The summed E-state index contributed by atoms with van der Waals surface area (Å²) in [5, 5.41) is 11.3. The highest BCUT2D eigenvalue weighted by atomic mass is 16.1.